The topological polar surface area (TPSA) is 32.7 Å². The number of amidine groups is 1. The van der Waals surface area contributed by atoms with Crippen molar-refractivity contribution in [2.45, 2.75) is 26.3 Å². The lowest BCUT2D eigenvalue weighted by molar-refractivity contribution is 0.100. The minimum atomic E-state index is 0.0817. The summed E-state index contributed by atoms with van der Waals surface area (Å²) in [5.41, 5.74) is 2.81. The number of carbonyl (C=O) groups is 1. The van der Waals surface area contributed by atoms with Crippen LogP contribution in [0.25, 0.3) is 0 Å². The predicted octanol–water partition coefficient (Wildman–Crippen LogP) is 5.22. The molecule has 3 rings (SSSR count). The van der Waals surface area contributed by atoms with E-state index in [1.807, 2.05) is 60.4 Å². The largest absolute Gasteiger partial charge is 0.313 e. The lowest BCUT2D eigenvalue weighted by atomic mass is 10.1. The smallest absolute Gasteiger partial charge is 0.182 e. The van der Waals surface area contributed by atoms with Crippen LogP contribution in [0.15, 0.2) is 53.5 Å². The van der Waals surface area contributed by atoms with Gasteiger partial charge in [-0.1, -0.05) is 60.1 Å². The fraction of sp³-hybridized carbons (Fsp3) is 0.300. The summed E-state index contributed by atoms with van der Waals surface area (Å²) >= 11 is 7.73. The third kappa shape index (κ3) is 4.44. The molecule has 2 aromatic carbocycles. The van der Waals surface area contributed by atoms with Gasteiger partial charge in [-0.25, -0.2) is 0 Å². The average molecular weight is 373 g/mol. The Balaban J connectivity index is 1.87. The highest BCUT2D eigenvalue weighted by atomic mass is 35.5. The molecule has 3 nitrogen and oxygen atoms in total. The third-order valence-electron chi connectivity index (χ3n) is 4.21. The zero-order valence-electron chi connectivity index (χ0n) is 14.4. The van der Waals surface area contributed by atoms with Gasteiger partial charge in [0.25, 0.3) is 0 Å². The number of rotatable bonds is 5. The number of thioether (sulfide) groups is 1. The van der Waals surface area contributed by atoms with Crippen molar-refractivity contribution in [1.29, 1.82) is 0 Å². The van der Waals surface area contributed by atoms with Gasteiger partial charge in [0.05, 0.1) is 12.6 Å². The number of halogens is 1. The highest BCUT2D eigenvalue weighted by molar-refractivity contribution is 8.14. The molecule has 0 fully saturated rings. The van der Waals surface area contributed by atoms with Crippen LogP contribution in [0.5, 0.6) is 0 Å². The summed E-state index contributed by atoms with van der Waals surface area (Å²) in [7, 11) is 0. The number of nitrogens with zero attached hydrogens (tertiary/aromatic N) is 2. The highest BCUT2D eigenvalue weighted by Gasteiger charge is 2.25. The van der Waals surface area contributed by atoms with Crippen molar-refractivity contribution >= 4 is 40.0 Å². The van der Waals surface area contributed by atoms with Crippen molar-refractivity contribution in [1.82, 2.24) is 0 Å². The fourth-order valence-electron chi connectivity index (χ4n) is 2.62. The van der Waals surface area contributed by atoms with Crippen molar-refractivity contribution < 1.29 is 4.79 Å². The van der Waals surface area contributed by atoms with Gasteiger partial charge < -0.3 is 4.90 Å². The second-order valence-electron chi connectivity index (χ2n) is 6.14. The van der Waals surface area contributed by atoms with Gasteiger partial charge in [0, 0.05) is 22.0 Å². The average Bonchev–Trinajstić information content (AvgIpc) is 3.10. The lowest BCUT2D eigenvalue weighted by Gasteiger charge is -2.23. The van der Waals surface area contributed by atoms with Gasteiger partial charge in [0.15, 0.2) is 11.0 Å². The first-order chi connectivity index (χ1) is 12.1. The van der Waals surface area contributed by atoms with E-state index in [0.29, 0.717) is 11.1 Å². The van der Waals surface area contributed by atoms with E-state index in [1.54, 1.807) is 11.8 Å². The van der Waals surface area contributed by atoms with E-state index < -0.39 is 0 Å². The number of anilines is 1. The second-order valence-corrected chi connectivity index (χ2v) is 7.56. The maximum Gasteiger partial charge on any atom is 0.182 e. The molecular weight excluding hydrogens is 352 g/mol. The van der Waals surface area contributed by atoms with Gasteiger partial charge in [-0.3, -0.25) is 9.79 Å². The van der Waals surface area contributed by atoms with Crippen molar-refractivity contribution in [3.63, 3.8) is 0 Å². The van der Waals surface area contributed by atoms with E-state index in [1.165, 1.54) is 0 Å². The van der Waals surface area contributed by atoms with Crippen molar-refractivity contribution in [2.24, 2.45) is 4.99 Å². The molecule has 130 valence electrons. The molecule has 5 heteroatoms. The van der Waals surface area contributed by atoms with Crippen LogP contribution in [0.2, 0.25) is 5.02 Å². The SMILES string of the molecule is CC[C@H]1CSC(N(CC(=O)c2ccc(C)cc2)c2ccc(Cl)cc2)=N1. The molecule has 0 saturated heterocycles. The summed E-state index contributed by atoms with van der Waals surface area (Å²) in [4.78, 5) is 19.6. The summed E-state index contributed by atoms with van der Waals surface area (Å²) < 4.78 is 0. The van der Waals surface area contributed by atoms with E-state index in [-0.39, 0.29) is 12.3 Å². The lowest BCUT2D eigenvalue weighted by Crippen LogP contribution is -2.33. The molecule has 0 radical (unpaired) electrons. The van der Waals surface area contributed by atoms with Gasteiger partial charge in [-0.05, 0) is 37.6 Å². The monoisotopic (exact) mass is 372 g/mol. The van der Waals surface area contributed by atoms with Crippen LogP contribution in [-0.4, -0.2) is 29.3 Å². The van der Waals surface area contributed by atoms with E-state index in [2.05, 4.69) is 6.92 Å². The molecule has 0 bridgehead atoms. The van der Waals surface area contributed by atoms with Crippen LogP contribution in [-0.2, 0) is 0 Å². The van der Waals surface area contributed by atoms with Gasteiger partial charge in [-0.15, -0.1) is 0 Å². The molecule has 0 aliphatic carbocycles. The Morgan fingerprint density at radius 1 is 1.20 bits per heavy atom. The number of ketones is 1. The van der Waals surface area contributed by atoms with Crippen LogP contribution in [0.4, 0.5) is 5.69 Å². The molecule has 1 atom stereocenters. The van der Waals surface area contributed by atoms with Crippen LogP contribution < -0.4 is 4.90 Å². The van der Waals surface area contributed by atoms with E-state index in [9.17, 15) is 4.79 Å². The Morgan fingerprint density at radius 3 is 2.48 bits per heavy atom. The number of aliphatic imine (C=N–C) groups is 1. The summed E-state index contributed by atoms with van der Waals surface area (Å²) in [6, 6.07) is 15.6. The van der Waals surface area contributed by atoms with Gasteiger partial charge in [0.1, 0.15) is 0 Å². The third-order valence-corrected chi connectivity index (χ3v) is 5.60. The van der Waals surface area contributed by atoms with Gasteiger partial charge in [-0.2, -0.15) is 0 Å². The number of Topliss-reactive ketones (excluding diaryl/α,β-unsaturated/α-hetero) is 1. The molecule has 2 aromatic rings. The first-order valence-electron chi connectivity index (χ1n) is 8.40. The first kappa shape index (κ1) is 18.0. The summed E-state index contributed by atoms with van der Waals surface area (Å²) in [5.74, 6) is 1.05. The Labute approximate surface area is 158 Å². The molecule has 1 aliphatic rings. The number of hydrogen-bond donors (Lipinski definition) is 0. The van der Waals surface area contributed by atoms with Gasteiger partial charge in [0.2, 0.25) is 0 Å². The fourth-order valence-corrected chi connectivity index (χ4v) is 3.95. The van der Waals surface area contributed by atoms with Crippen LogP contribution in [0, 0.1) is 6.92 Å². The molecule has 0 aromatic heterocycles. The Bertz CT molecular complexity index is 771. The molecule has 0 amide bonds. The predicted molar refractivity (Wildman–Crippen MR) is 108 cm³/mol. The minimum Gasteiger partial charge on any atom is -0.313 e. The summed E-state index contributed by atoms with van der Waals surface area (Å²) in [5, 5.41) is 1.59. The first-order valence-corrected chi connectivity index (χ1v) is 9.76. The molecule has 0 spiro atoms. The summed E-state index contributed by atoms with van der Waals surface area (Å²) in [6.45, 7) is 4.43. The zero-order chi connectivity index (χ0) is 17.8. The number of benzene rings is 2. The molecule has 0 saturated carbocycles. The molecule has 0 N–H and O–H groups in total. The molecular formula is C20H21ClN2OS. The standard InChI is InChI=1S/C20H21ClN2OS/c1-3-17-13-25-20(22-17)23(18-10-8-16(21)9-11-18)12-19(24)15-6-4-14(2)5-7-15/h4-11,17H,3,12-13H2,1-2H3/t17-/m0/s1. The van der Waals surface area contributed by atoms with Crippen LogP contribution >= 0.6 is 23.4 Å². The van der Waals surface area contributed by atoms with Crippen LogP contribution in [0.1, 0.15) is 29.3 Å². The number of hydrogen-bond acceptors (Lipinski definition) is 4. The Kier molecular flexibility index (Phi) is 5.82. The van der Waals surface area contributed by atoms with Crippen molar-refractivity contribution in [3.05, 3.63) is 64.7 Å². The normalized spacial score (nSPS) is 16.6. The van der Waals surface area contributed by atoms with E-state index in [4.69, 9.17) is 16.6 Å². The van der Waals surface area contributed by atoms with Crippen molar-refractivity contribution in [2.75, 3.05) is 17.2 Å². The van der Waals surface area contributed by atoms with Gasteiger partial charge >= 0.3 is 0 Å². The van der Waals surface area contributed by atoms with E-state index in [0.717, 1.165) is 34.2 Å². The quantitative estimate of drug-likeness (QED) is 0.674. The number of aryl methyl sites for hydroxylation is 1. The highest BCUT2D eigenvalue weighted by Crippen LogP contribution is 2.28. The van der Waals surface area contributed by atoms with Crippen molar-refractivity contribution in [3.8, 4) is 0 Å². The van der Waals surface area contributed by atoms with Crippen LogP contribution in [0.3, 0.4) is 0 Å². The Hall–Kier alpha value is -1.78. The minimum absolute atomic E-state index is 0.0817. The van der Waals surface area contributed by atoms with E-state index >= 15 is 0 Å². The maximum absolute atomic E-state index is 12.8. The molecule has 1 aliphatic heterocycles. The molecule has 1 heterocycles. The summed E-state index contributed by atoms with van der Waals surface area (Å²) in [6.07, 6.45) is 1.01. The number of carbonyl (C=O) groups excluding carboxylic acids is 1. The zero-order valence-corrected chi connectivity index (χ0v) is 16.0. The molecule has 0 unspecified atom stereocenters. The maximum atomic E-state index is 12.8. The second kappa shape index (κ2) is 8.07. The molecule has 25 heavy (non-hydrogen) atoms. The Morgan fingerprint density at radius 2 is 1.88 bits per heavy atom.